The Bertz CT molecular complexity index is 884. The van der Waals surface area contributed by atoms with E-state index < -0.39 is 15.6 Å². The van der Waals surface area contributed by atoms with Crippen molar-refractivity contribution in [1.29, 1.82) is 0 Å². The van der Waals surface area contributed by atoms with E-state index in [1.54, 1.807) is 23.1 Å². The number of carbonyl (C=O) groups excluding carboxylic acids is 1. The van der Waals surface area contributed by atoms with Crippen molar-refractivity contribution in [3.05, 3.63) is 59.9 Å². The molecule has 0 spiro atoms. The zero-order valence-corrected chi connectivity index (χ0v) is 16.4. The maximum absolute atomic E-state index is 12.6. The summed E-state index contributed by atoms with van der Waals surface area (Å²) in [6, 6.07) is 14.1. The molecular formula is C20H25N3O3S. The molecule has 1 aromatic carbocycles. The van der Waals surface area contributed by atoms with E-state index in [0.29, 0.717) is 19.6 Å². The van der Waals surface area contributed by atoms with Crippen LogP contribution in [-0.2, 0) is 21.2 Å². The van der Waals surface area contributed by atoms with Crippen molar-refractivity contribution in [2.75, 3.05) is 31.9 Å². The molecule has 1 aliphatic rings. The minimum Gasteiger partial charge on any atom is -0.340 e. The monoisotopic (exact) mass is 387 g/mol. The second-order valence-electron chi connectivity index (χ2n) is 6.85. The molecule has 7 heteroatoms. The summed E-state index contributed by atoms with van der Waals surface area (Å²) in [6.45, 7) is 5.42. The number of nitrogens with zero attached hydrogens (tertiary/aromatic N) is 3. The lowest BCUT2D eigenvalue weighted by Gasteiger charge is -2.22. The second kappa shape index (κ2) is 8.63. The number of aromatic nitrogens is 1. The van der Waals surface area contributed by atoms with Crippen molar-refractivity contribution >= 4 is 15.7 Å². The van der Waals surface area contributed by atoms with Gasteiger partial charge in [0.25, 0.3) is 0 Å². The minimum atomic E-state index is -3.60. The van der Waals surface area contributed by atoms with Crippen molar-refractivity contribution < 1.29 is 13.2 Å². The average Bonchev–Trinajstić information content (AvgIpc) is 2.88. The number of benzene rings is 1. The van der Waals surface area contributed by atoms with Gasteiger partial charge in [-0.2, -0.15) is 0 Å². The molecule has 2 aromatic rings. The van der Waals surface area contributed by atoms with Crippen LogP contribution in [0.2, 0.25) is 0 Å². The number of rotatable bonds is 5. The number of hydrogen-bond donors (Lipinski definition) is 0. The van der Waals surface area contributed by atoms with Crippen LogP contribution in [0.15, 0.2) is 53.4 Å². The van der Waals surface area contributed by atoms with Crippen LogP contribution in [0.3, 0.4) is 0 Å². The van der Waals surface area contributed by atoms with Crippen LogP contribution in [-0.4, -0.2) is 61.0 Å². The van der Waals surface area contributed by atoms with Gasteiger partial charge in [-0.25, -0.2) is 8.42 Å². The third-order valence-corrected chi connectivity index (χ3v) is 6.31. The molecule has 0 aliphatic carbocycles. The molecule has 27 heavy (non-hydrogen) atoms. The highest BCUT2D eigenvalue weighted by atomic mass is 32.2. The van der Waals surface area contributed by atoms with E-state index in [1.165, 1.54) is 12.1 Å². The Labute approximate surface area is 160 Å². The summed E-state index contributed by atoms with van der Waals surface area (Å²) in [4.78, 5) is 21.2. The van der Waals surface area contributed by atoms with E-state index in [9.17, 15) is 13.2 Å². The molecule has 0 bridgehead atoms. The number of sulfone groups is 1. The summed E-state index contributed by atoms with van der Waals surface area (Å²) in [5.41, 5.74) is 2.01. The molecule has 1 amide bonds. The fraction of sp³-hybridized carbons (Fsp3) is 0.400. The first-order chi connectivity index (χ1) is 12.9. The standard InChI is InChI=1S/C20H25N3O3S/c1-17-7-5-8-18(21-17)15-22-11-6-12-23(14-13-22)20(24)16-27(25,26)19-9-3-2-4-10-19/h2-5,7-10H,6,11-16H2,1H3. The molecule has 0 unspecified atom stereocenters. The second-order valence-corrected chi connectivity index (χ2v) is 8.84. The minimum absolute atomic E-state index is 0.195. The van der Waals surface area contributed by atoms with Gasteiger partial charge >= 0.3 is 0 Å². The van der Waals surface area contributed by atoms with Gasteiger partial charge in [0, 0.05) is 38.4 Å². The van der Waals surface area contributed by atoms with E-state index in [4.69, 9.17) is 0 Å². The zero-order valence-electron chi connectivity index (χ0n) is 15.5. The van der Waals surface area contributed by atoms with E-state index in [0.717, 1.165) is 30.9 Å². The lowest BCUT2D eigenvalue weighted by Crippen LogP contribution is -2.38. The van der Waals surface area contributed by atoms with Gasteiger partial charge in [-0.1, -0.05) is 24.3 Å². The number of carbonyl (C=O) groups is 1. The van der Waals surface area contributed by atoms with Gasteiger partial charge in [0.05, 0.1) is 10.6 Å². The van der Waals surface area contributed by atoms with Crippen LogP contribution in [0.4, 0.5) is 0 Å². The molecule has 1 saturated heterocycles. The first-order valence-electron chi connectivity index (χ1n) is 9.14. The Kier molecular flexibility index (Phi) is 6.23. The normalized spacial score (nSPS) is 16.1. The van der Waals surface area contributed by atoms with Gasteiger partial charge in [0.1, 0.15) is 5.75 Å². The van der Waals surface area contributed by atoms with Gasteiger partial charge in [0.2, 0.25) is 5.91 Å². The molecule has 0 saturated carbocycles. The first-order valence-corrected chi connectivity index (χ1v) is 10.8. The smallest absolute Gasteiger partial charge is 0.238 e. The summed E-state index contributed by atoms with van der Waals surface area (Å²) in [7, 11) is -3.60. The summed E-state index contributed by atoms with van der Waals surface area (Å²) in [6.07, 6.45) is 0.822. The maximum atomic E-state index is 12.6. The first kappa shape index (κ1) is 19.5. The summed E-state index contributed by atoms with van der Waals surface area (Å²) in [5.74, 6) is -0.800. The van der Waals surface area contributed by atoms with Gasteiger partial charge in [0.15, 0.2) is 9.84 Å². The third-order valence-electron chi connectivity index (χ3n) is 4.69. The molecule has 1 fully saturated rings. The van der Waals surface area contributed by atoms with Crippen LogP contribution in [0.25, 0.3) is 0 Å². The molecule has 3 rings (SSSR count). The van der Waals surface area contributed by atoms with Crippen molar-refractivity contribution in [2.45, 2.75) is 24.8 Å². The molecule has 1 aliphatic heterocycles. The molecule has 144 valence electrons. The fourth-order valence-corrected chi connectivity index (χ4v) is 4.51. The SMILES string of the molecule is Cc1cccc(CN2CCCN(C(=O)CS(=O)(=O)c3ccccc3)CC2)n1. The number of pyridine rings is 1. The quantitative estimate of drug-likeness (QED) is 0.784. The van der Waals surface area contributed by atoms with Crippen molar-refractivity contribution in [3.63, 3.8) is 0 Å². The molecule has 0 N–H and O–H groups in total. The highest BCUT2D eigenvalue weighted by Gasteiger charge is 2.25. The van der Waals surface area contributed by atoms with Crippen molar-refractivity contribution in [2.24, 2.45) is 0 Å². The number of hydrogen-bond acceptors (Lipinski definition) is 5. The van der Waals surface area contributed by atoms with Crippen molar-refractivity contribution in [3.8, 4) is 0 Å². The van der Waals surface area contributed by atoms with Crippen LogP contribution in [0, 0.1) is 6.92 Å². The van der Waals surface area contributed by atoms with Gasteiger partial charge in [-0.3, -0.25) is 14.7 Å². The number of amides is 1. The van der Waals surface area contributed by atoms with Crippen LogP contribution >= 0.6 is 0 Å². The maximum Gasteiger partial charge on any atom is 0.238 e. The summed E-state index contributed by atoms with van der Waals surface area (Å²) < 4.78 is 24.9. The Balaban J connectivity index is 1.58. The zero-order chi connectivity index (χ0) is 19.3. The predicted octanol–water partition coefficient (Wildman–Crippen LogP) is 1.90. The lowest BCUT2D eigenvalue weighted by atomic mass is 10.3. The highest BCUT2D eigenvalue weighted by Crippen LogP contribution is 2.13. The van der Waals surface area contributed by atoms with Crippen molar-refractivity contribution in [1.82, 2.24) is 14.8 Å². The van der Waals surface area contributed by atoms with Crippen LogP contribution in [0.5, 0.6) is 0 Å². The Morgan fingerprint density at radius 3 is 2.52 bits per heavy atom. The van der Waals surface area contributed by atoms with Gasteiger partial charge in [-0.15, -0.1) is 0 Å². The van der Waals surface area contributed by atoms with Gasteiger partial charge in [-0.05, 0) is 37.6 Å². The van der Waals surface area contributed by atoms with E-state index in [1.807, 2.05) is 25.1 Å². The van der Waals surface area contributed by atoms with Crippen LogP contribution < -0.4 is 0 Å². The fourth-order valence-electron chi connectivity index (χ4n) is 3.26. The third kappa shape index (κ3) is 5.37. The Hall–Kier alpha value is -2.25. The molecule has 1 aromatic heterocycles. The molecular weight excluding hydrogens is 362 g/mol. The topological polar surface area (TPSA) is 70.6 Å². The van der Waals surface area contributed by atoms with Crippen LogP contribution in [0.1, 0.15) is 17.8 Å². The Morgan fingerprint density at radius 2 is 1.78 bits per heavy atom. The molecule has 0 radical (unpaired) electrons. The number of aryl methyl sites for hydroxylation is 1. The average molecular weight is 388 g/mol. The molecule has 2 heterocycles. The lowest BCUT2D eigenvalue weighted by molar-refractivity contribution is -0.128. The van der Waals surface area contributed by atoms with E-state index in [2.05, 4.69) is 9.88 Å². The Morgan fingerprint density at radius 1 is 1.00 bits per heavy atom. The van der Waals surface area contributed by atoms with E-state index >= 15 is 0 Å². The van der Waals surface area contributed by atoms with Gasteiger partial charge < -0.3 is 4.90 Å². The highest BCUT2D eigenvalue weighted by molar-refractivity contribution is 7.92. The largest absolute Gasteiger partial charge is 0.340 e. The van der Waals surface area contributed by atoms with E-state index in [-0.39, 0.29) is 10.8 Å². The predicted molar refractivity (Wildman–Crippen MR) is 104 cm³/mol. The summed E-state index contributed by atoms with van der Waals surface area (Å²) >= 11 is 0. The molecule has 6 nitrogen and oxygen atoms in total. The molecule has 0 atom stereocenters. The summed E-state index contributed by atoms with van der Waals surface area (Å²) in [5, 5.41) is 0.